The number of ether oxygens (including phenoxy) is 1. The van der Waals surface area contributed by atoms with E-state index in [-0.39, 0.29) is 17.7 Å². The fourth-order valence-electron chi connectivity index (χ4n) is 1.93. The van der Waals surface area contributed by atoms with E-state index in [2.05, 4.69) is 26.0 Å². The second-order valence-corrected chi connectivity index (χ2v) is 5.57. The maximum atomic E-state index is 12.1. The number of benzene rings is 2. The zero-order valence-corrected chi connectivity index (χ0v) is 13.3. The fraction of sp³-hybridized carbons (Fsp3) is 0.188. The van der Waals surface area contributed by atoms with E-state index in [0.717, 1.165) is 10.0 Å². The first kappa shape index (κ1) is 16.4. The molecule has 116 valence electrons. The van der Waals surface area contributed by atoms with Gasteiger partial charge in [0.05, 0.1) is 6.04 Å². The molecule has 3 nitrogen and oxygen atoms in total. The van der Waals surface area contributed by atoms with Crippen molar-refractivity contribution >= 4 is 21.8 Å². The smallest absolute Gasteiger partial charge is 0.387 e. The molecule has 1 atom stereocenters. The summed E-state index contributed by atoms with van der Waals surface area (Å²) in [5, 5.41) is 2.85. The van der Waals surface area contributed by atoms with Crippen LogP contribution < -0.4 is 10.1 Å². The zero-order valence-electron chi connectivity index (χ0n) is 11.7. The fourth-order valence-corrected chi connectivity index (χ4v) is 2.33. The van der Waals surface area contributed by atoms with E-state index in [1.54, 1.807) is 30.3 Å². The molecule has 0 aromatic heterocycles. The Labute approximate surface area is 135 Å². The normalized spacial score (nSPS) is 12.0. The van der Waals surface area contributed by atoms with Gasteiger partial charge in [0.25, 0.3) is 5.91 Å². The number of hydrogen-bond donors (Lipinski definition) is 1. The van der Waals surface area contributed by atoms with Crippen LogP contribution in [0.3, 0.4) is 0 Å². The van der Waals surface area contributed by atoms with Gasteiger partial charge in [-0.15, -0.1) is 0 Å². The van der Waals surface area contributed by atoms with Gasteiger partial charge in [0.2, 0.25) is 0 Å². The van der Waals surface area contributed by atoms with Gasteiger partial charge in [-0.2, -0.15) is 8.78 Å². The Balaban J connectivity index is 2.02. The van der Waals surface area contributed by atoms with Crippen molar-refractivity contribution in [1.82, 2.24) is 5.32 Å². The third-order valence-electron chi connectivity index (χ3n) is 3.04. The predicted octanol–water partition coefficient (Wildman–Crippen LogP) is 4.54. The highest BCUT2D eigenvalue weighted by Crippen LogP contribution is 2.20. The molecule has 0 radical (unpaired) electrons. The largest absolute Gasteiger partial charge is 0.435 e. The number of amides is 1. The van der Waals surface area contributed by atoms with Gasteiger partial charge in [0.1, 0.15) is 5.75 Å². The van der Waals surface area contributed by atoms with Crippen LogP contribution in [0.25, 0.3) is 0 Å². The van der Waals surface area contributed by atoms with Crippen LogP contribution in [0.4, 0.5) is 8.78 Å². The Morgan fingerprint density at radius 3 is 2.45 bits per heavy atom. The highest BCUT2D eigenvalue weighted by molar-refractivity contribution is 9.10. The Hall–Kier alpha value is -1.95. The van der Waals surface area contributed by atoms with E-state index in [4.69, 9.17) is 0 Å². The lowest BCUT2D eigenvalue weighted by atomic mass is 10.1. The summed E-state index contributed by atoms with van der Waals surface area (Å²) in [7, 11) is 0. The summed E-state index contributed by atoms with van der Waals surface area (Å²) in [6, 6.07) is 13.0. The van der Waals surface area contributed by atoms with E-state index in [1.807, 2.05) is 13.0 Å². The topological polar surface area (TPSA) is 38.3 Å². The lowest BCUT2D eigenvalue weighted by Gasteiger charge is -2.15. The number of nitrogens with one attached hydrogen (secondary N) is 1. The molecule has 2 rings (SSSR count). The van der Waals surface area contributed by atoms with E-state index < -0.39 is 6.61 Å². The average molecular weight is 370 g/mol. The Kier molecular flexibility index (Phi) is 5.49. The van der Waals surface area contributed by atoms with Gasteiger partial charge in [-0.3, -0.25) is 4.79 Å². The van der Waals surface area contributed by atoms with Crippen LogP contribution >= 0.6 is 15.9 Å². The molecule has 22 heavy (non-hydrogen) atoms. The highest BCUT2D eigenvalue weighted by atomic mass is 79.9. The molecular formula is C16H14BrF2NO2. The van der Waals surface area contributed by atoms with Crippen LogP contribution in [0, 0.1) is 0 Å². The number of carbonyl (C=O) groups is 1. The van der Waals surface area contributed by atoms with Crippen LogP contribution in [-0.2, 0) is 0 Å². The molecule has 2 aromatic rings. The van der Waals surface area contributed by atoms with E-state index >= 15 is 0 Å². The molecule has 0 aliphatic heterocycles. The quantitative estimate of drug-likeness (QED) is 0.839. The molecule has 0 heterocycles. The van der Waals surface area contributed by atoms with Crippen molar-refractivity contribution in [3.8, 4) is 5.75 Å². The third-order valence-corrected chi connectivity index (χ3v) is 3.53. The minimum atomic E-state index is -2.85. The second kappa shape index (κ2) is 7.35. The van der Waals surface area contributed by atoms with E-state index in [1.165, 1.54) is 12.1 Å². The minimum Gasteiger partial charge on any atom is -0.435 e. The van der Waals surface area contributed by atoms with Crippen LogP contribution in [-0.4, -0.2) is 12.5 Å². The Morgan fingerprint density at radius 2 is 1.86 bits per heavy atom. The second-order valence-electron chi connectivity index (χ2n) is 4.65. The minimum absolute atomic E-state index is 0.0873. The molecular weight excluding hydrogens is 356 g/mol. The number of rotatable bonds is 5. The Morgan fingerprint density at radius 1 is 1.18 bits per heavy atom. The van der Waals surface area contributed by atoms with Crippen molar-refractivity contribution in [3.05, 3.63) is 64.1 Å². The van der Waals surface area contributed by atoms with E-state index in [9.17, 15) is 13.6 Å². The molecule has 0 bridgehead atoms. The predicted molar refractivity (Wildman–Crippen MR) is 83.1 cm³/mol. The molecule has 0 saturated heterocycles. The van der Waals surface area contributed by atoms with Crippen LogP contribution in [0.2, 0.25) is 0 Å². The molecule has 1 N–H and O–H groups in total. The van der Waals surface area contributed by atoms with Crippen molar-refractivity contribution in [3.63, 3.8) is 0 Å². The summed E-state index contributed by atoms with van der Waals surface area (Å²) >= 11 is 3.31. The molecule has 1 amide bonds. The van der Waals surface area contributed by atoms with Crippen molar-refractivity contribution in [2.24, 2.45) is 0 Å². The number of hydrogen-bond acceptors (Lipinski definition) is 2. The van der Waals surface area contributed by atoms with Gasteiger partial charge in [0, 0.05) is 10.0 Å². The first-order valence-corrected chi connectivity index (χ1v) is 7.36. The van der Waals surface area contributed by atoms with Gasteiger partial charge in [-0.05, 0) is 42.8 Å². The summed E-state index contributed by atoms with van der Waals surface area (Å²) in [5.41, 5.74) is 1.34. The first-order valence-electron chi connectivity index (χ1n) is 6.57. The van der Waals surface area contributed by atoms with Crippen LogP contribution in [0.1, 0.15) is 28.9 Å². The SMILES string of the molecule is CC(NC(=O)c1cccc(Br)c1)c1ccc(OC(F)F)cc1. The maximum Gasteiger partial charge on any atom is 0.387 e. The highest BCUT2D eigenvalue weighted by Gasteiger charge is 2.12. The van der Waals surface area contributed by atoms with Crippen molar-refractivity contribution in [2.75, 3.05) is 0 Å². The first-order chi connectivity index (χ1) is 10.5. The maximum absolute atomic E-state index is 12.1. The zero-order chi connectivity index (χ0) is 16.1. The lowest BCUT2D eigenvalue weighted by molar-refractivity contribution is -0.0498. The monoisotopic (exact) mass is 369 g/mol. The number of carbonyl (C=O) groups excluding carboxylic acids is 1. The van der Waals surface area contributed by atoms with Crippen molar-refractivity contribution in [1.29, 1.82) is 0 Å². The third kappa shape index (κ3) is 4.53. The van der Waals surface area contributed by atoms with Crippen LogP contribution in [0.5, 0.6) is 5.75 Å². The summed E-state index contributed by atoms with van der Waals surface area (Å²) in [6.45, 7) is -1.03. The van der Waals surface area contributed by atoms with E-state index in [0.29, 0.717) is 5.56 Å². The summed E-state index contributed by atoms with van der Waals surface area (Å²) in [5.74, 6) is -0.119. The molecule has 0 aliphatic rings. The average Bonchev–Trinajstić information content (AvgIpc) is 2.47. The van der Waals surface area contributed by atoms with Gasteiger partial charge in [-0.1, -0.05) is 34.1 Å². The summed E-state index contributed by atoms with van der Waals surface area (Å²) in [4.78, 5) is 12.1. The van der Waals surface area contributed by atoms with Gasteiger partial charge >= 0.3 is 6.61 Å². The molecule has 0 spiro atoms. The summed E-state index contributed by atoms with van der Waals surface area (Å²) in [6.07, 6.45) is 0. The number of alkyl halides is 2. The molecule has 1 unspecified atom stereocenters. The van der Waals surface area contributed by atoms with Crippen molar-refractivity contribution in [2.45, 2.75) is 19.6 Å². The van der Waals surface area contributed by atoms with Crippen LogP contribution in [0.15, 0.2) is 53.0 Å². The molecule has 6 heteroatoms. The molecule has 0 aliphatic carbocycles. The standard InChI is InChI=1S/C16H14BrF2NO2/c1-10(11-5-7-14(8-6-11)22-16(18)19)20-15(21)12-3-2-4-13(17)9-12/h2-10,16H,1H3,(H,20,21). The van der Waals surface area contributed by atoms with Gasteiger partial charge in [-0.25, -0.2) is 0 Å². The molecule has 0 fully saturated rings. The van der Waals surface area contributed by atoms with Gasteiger partial charge < -0.3 is 10.1 Å². The summed E-state index contributed by atoms with van der Waals surface area (Å²) < 4.78 is 29.3. The molecule has 2 aromatic carbocycles. The molecule has 0 saturated carbocycles. The number of halogens is 3. The van der Waals surface area contributed by atoms with Gasteiger partial charge in [0.15, 0.2) is 0 Å². The lowest BCUT2D eigenvalue weighted by Crippen LogP contribution is -2.26. The van der Waals surface area contributed by atoms with Crippen molar-refractivity contribution < 1.29 is 18.3 Å². The Bertz CT molecular complexity index is 647.